The SMILES string of the molecule is CC1C(N)CCCC1C(=O)N1CCCC1CN(C)C. The maximum Gasteiger partial charge on any atom is 0.226 e. The number of rotatable bonds is 3. The zero-order chi connectivity index (χ0) is 14.0. The van der Waals surface area contributed by atoms with Crippen LogP contribution in [0.25, 0.3) is 0 Å². The molecule has 0 aromatic carbocycles. The first-order valence-electron chi connectivity index (χ1n) is 7.71. The molecule has 4 heteroatoms. The average Bonchev–Trinajstić information content (AvgIpc) is 2.79. The Morgan fingerprint density at radius 2 is 2.00 bits per heavy atom. The molecule has 0 aromatic rings. The Bertz CT molecular complexity index is 319. The number of likely N-dealkylation sites (tertiary alicyclic amines) is 1. The van der Waals surface area contributed by atoms with E-state index in [9.17, 15) is 4.79 Å². The molecule has 2 fully saturated rings. The van der Waals surface area contributed by atoms with Gasteiger partial charge in [-0.3, -0.25) is 4.79 Å². The Morgan fingerprint density at radius 3 is 2.68 bits per heavy atom. The molecule has 4 atom stereocenters. The van der Waals surface area contributed by atoms with Crippen LogP contribution in [0.5, 0.6) is 0 Å². The van der Waals surface area contributed by atoms with E-state index in [4.69, 9.17) is 5.73 Å². The molecular formula is C15H29N3O. The van der Waals surface area contributed by atoms with Gasteiger partial charge in [0.05, 0.1) is 0 Å². The summed E-state index contributed by atoms with van der Waals surface area (Å²) in [5.41, 5.74) is 6.14. The highest BCUT2D eigenvalue weighted by atomic mass is 16.2. The monoisotopic (exact) mass is 267 g/mol. The van der Waals surface area contributed by atoms with E-state index in [1.54, 1.807) is 0 Å². The molecule has 0 radical (unpaired) electrons. The smallest absolute Gasteiger partial charge is 0.226 e. The van der Waals surface area contributed by atoms with Crippen LogP contribution < -0.4 is 5.73 Å². The Hall–Kier alpha value is -0.610. The summed E-state index contributed by atoms with van der Waals surface area (Å²) in [6.45, 7) is 4.08. The van der Waals surface area contributed by atoms with Crippen molar-refractivity contribution in [2.45, 2.75) is 51.1 Å². The molecule has 1 aliphatic heterocycles. The molecule has 0 spiro atoms. The van der Waals surface area contributed by atoms with Crippen LogP contribution in [-0.2, 0) is 4.79 Å². The average molecular weight is 267 g/mol. The highest BCUT2D eigenvalue weighted by Crippen LogP contribution is 2.32. The Labute approximate surface area is 117 Å². The lowest BCUT2D eigenvalue weighted by Gasteiger charge is -2.37. The van der Waals surface area contributed by atoms with Crippen LogP contribution in [0.3, 0.4) is 0 Å². The van der Waals surface area contributed by atoms with E-state index in [2.05, 4.69) is 30.8 Å². The minimum Gasteiger partial charge on any atom is -0.338 e. The summed E-state index contributed by atoms with van der Waals surface area (Å²) in [5.74, 6) is 0.861. The lowest BCUT2D eigenvalue weighted by atomic mass is 9.76. The molecule has 2 aliphatic rings. The van der Waals surface area contributed by atoms with Crippen molar-refractivity contribution < 1.29 is 4.79 Å². The van der Waals surface area contributed by atoms with Gasteiger partial charge in [0.15, 0.2) is 0 Å². The Kier molecular flexibility index (Phi) is 4.85. The van der Waals surface area contributed by atoms with Crippen LogP contribution in [0.2, 0.25) is 0 Å². The molecule has 110 valence electrons. The second-order valence-corrected chi connectivity index (χ2v) is 6.65. The van der Waals surface area contributed by atoms with Gasteiger partial charge in [-0.15, -0.1) is 0 Å². The van der Waals surface area contributed by atoms with Gasteiger partial charge >= 0.3 is 0 Å². The number of carbonyl (C=O) groups is 1. The normalized spacial score (nSPS) is 35.9. The third kappa shape index (κ3) is 3.29. The van der Waals surface area contributed by atoms with Crippen molar-refractivity contribution >= 4 is 5.91 Å². The number of hydrogen-bond donors (Lipinski definition) is 1. The summed E-state index contributed by atoms with van der Waals surface area (Å²) in [5, 5.41) is 0. The summed E-state index contributed by atoms with van der Waals surface area (Å²) in [6.07, 6.45) is 5.51. The van der Waals surface area contributed by atoms with E-state index in [0.29, 0.717) is 17.9 Å². The fraction of sp³-hybridized carbons (Fsp3) is 0.933. The molecule has 1 saturated carbocycles. The number of hydrogen-bond acceptors (Lipinski definition) is 3. The van der Waals surface area contributed by atoms with E-state index in [1.807, 2.05) is 0 Å². The van der Waals surface area contributed by atoms with Crippen molar-refractivity contribution in [3.8, 4) is 0 Å². The maximum atomic E-state index is 12.8. The van der Waals surface area contributed by atoms with Gasteiger partial charge < -0.3 is 15.5 Å². The zero-order valence-electron chi connectivity index (χ0n) is 12.6. The van der Waals surface area contributed by atoms with Gasteiger partial charge in [0, 0.05) is 31.1 Å². The number of amides is 1. The van der Waals surface area contributed by atoms with Gasteiger partial charge in [0.25, 0.3) is 0 Å². The quantitative estimate of drug-likeness (QED) is 0.838. The van der Waals surface area contributed by atoms with E-state index < -0.39 is 0 Å². The minimum atomic E-state index is 0.159. The van der Waals surface area contributed by atoms with Gasteiger partial charge in [-0.1, -0.05) is 13.3 Å². The Morgan fingerprint density at radius 1 is 1.26 bits per heavy atom. The molecule has 2 rings (SSSR count). The standard InChI is InChI=1S/C15H29N3O/c1-11-13(7-4-8-14(11)16)15(19)18-9-5-6-12(18)10-17(2)3/h11-14H,4-10,16H2,1-3H3. The van der Waals surface area contributed by atoms with Gasteiger partial charge in [0.2, 0.25) is 5.91 Å². The lowest BCUT2D eigenvalue weighted by molar-refractivity contribution is -0.139. The number of likely N-dealkylation sites (N-methyl/N-ethyl adjacent to an activating group) is 1. The van der Waals surface area contributed by atoms with Crippen LogP contribution in [0.15, 0.2) is 0 Å². The molecule has 4 nitrogen and oxygen atoms in total. The van der Waals surface area contributed by atoms with Gasteiger partial charge in [-0.25, -0.2) is 0 Å². The molecule has 1 heterocycles. The predicted octanol–water partition coefficient (Wildman–Crippen LogP) is 1.30. The fourth-order valence-electron chi connectivity index (χ4n) is 3.70. The van der Waals surface area contributed by atoms with Crippen molar-refractivity contribution in [1.29, 1.82) is 0 Å². The molecule has 19 heavy (non-hydrogen) atoms. The summed E-state index contributed by atoms with van der Waals surface area (Å²) >= 11 is 0. The topological polar surface area (TPSA) is 49.6 Å². The summed E-state index contributed by atoms with van der Waals surface area (Å²) in [6, 6.07) is 0.616. The van der Waals surface area contributed by atoms with Gasteiger partial charge in [-0.05, 0) is 45.7 Å². The van der Waals surface area contributed by atoms with E-state index in [0.717, 1.165) is 45.2 Å². The first kappa shape index (κ1) is 14.8. The van der Waals surface area contributed by atoms with Crippen LogP contribution in [0.1, 0.15) is 39.0 Å². The van der Waals surface area contributed by atoms with Crippen LogP contribution in [-0.4, -0.2) is 55.0 Å². The first-order valence-corrected chi connectivity index (χ1v) is 7.71. The van der Waals surface area contributed by atoms with Gasteiger partial charge in [0.1, 0.15) is 0 Å². The van der Waals surface area contributed by atoms with Crippen LogP contribution in [0, 0.1) is 11.8 Å². The lowest BCUT2D eigenvalue weighted by Crippen LogP contribution is -2.49. The molecule has 2 N–H and O–H groups in total. The molecule has 1 saturated heterocycles. The summed E-state index contributed by atoms with van der Waals surface area (Å²) in [4.78, 5) is 17.1. The summed E-state index contributed by atoms with van der Waals surface area (Å²) < 4.78 is 0. The second-order valence-electron chi connectivity index (χ2n) is 6.65. The van der Waals surface area contributed by atoms with Crippen LogP contribution >= 0.6 is 0 Å². The van der Waals surface area contributed by atoms with E-state index in [-0.39, 0.29) is 12.0 Å². The van der Waals surface area contributed by atoms with Crippen molar-refractivity contribution in [2.75, 3.05) is 27.2 Å². The molecule has 0 bridgehead atoms. The van der Waals surface area contributed by atoms with Gasteiger partial charge in [-0.2, -0.15) is 0 Å². The van der Waals surface area contributed by atoms with Crippen molar-refractivity contribution in [2.24, 2.45) is 17.6 Å². The maximum absolute atomic E-state index is 12.8. The van der Waals surface area contributed by atoms with E-state index >= 15 is 0 Å². The molecule has 1 amide bonds. The number of nitrogens with zero attached hydrogens (tertiary/aromatic N) is 2. The minimum absolute atomic E-state index is 0.159. The zero-order valence-corrected chi connectivity index (χ0v) is 12.6. The predicted molar refractivity (Wildman–Crippen MR) is 77.8 cm³/mol. The molecule has 1 aliphatic carbocycles. The summed E-state index contributed by atoms with van der Waals surface area (Å²) in [7, 11) is 4.17. The molecular weight excluding hydrogens is 238 g/mol. The highest BCUT2D eigenvalue weighted by molar-refractivity contribution is 5.80. The fourth-order valence-corrected chi connectivity index (χ4v) is 3.70. The highest BCUT2D eigenvalue weighted by Gasteiger charge is 2.38. The van der Waals surface area contributed by atoms with Crippen molar-refractivity contribution in [3.05, 3.63) is 0 Å². The first-order chi connectivity index (χ1) is 9.00. The number of nitrogens with two attached hydrogens (primary N) is 1. The Balaban J connectivity index is 2.01. The largest absolute Gasteiger partial charge is 0.338 e. The molecule has 4 unspecified atom stereocenters. The van der Waals surface area contributed by atoms with Crippen LogP contribution in [0.4, 0.5) is 0 Å². The second kappa shape index (κ2) is 6.23. The molecule has 0 aromatic heterocycles. The third-order valence-electron chi connectivity index (χ3n) is 4.92. The third-order valence-corrected chi connectivity index (χ3v) is 4.92. The number of carbonyl (C=O) groups excluding carboxylic acids is 1. The van der Waals surface area contributed by atoms with E-state index in [1.165, 1.54) is 0 Å². The van der Waals surface area contributed by atoms with Crippen molar-refractivity contribution in [3.63, 3.8) is 0 Å². The van der Waals surface area contributed by atoms with Crippen molar-refractivity contribution in [1.82, 2.24) is 9.80 Å².